The average Bonchev–Trinajstić information content (AvgIpc) is 2.68. The van der Waals surface area contributed by atoms with E-state index >= 15 is 0 Å². The summed E-state index contributed by atoms with van der Waals surface area (Å²) in [4.78, 5) is 11.4. The zero-order chi connectivity index (χ0) is 14.0. The molecule has 1 aliphatic rings. The van der Waals surface area contributed by atoms with Gasteiger partial charge in [-0.15, -0.1) is 0 Å². The average molecular weight is 277 g/mol. The summed E-state index contributed by atoms with van der Waals surface area (Å²) in [5.74, 6) is -0.802. The summed E-state index contributed by atoms with van der Waals surface area (Å²) in [5, 5.41) is 9.38. The van der Waals surface area contributed by atoms with Gasteiger partial charge < -0.3 is 9.67 Å². The lowest BCUT2D eigenvalue weighted by molar-refractivity contribution is 0.0695. The van der Waals surface area contributed by atoms with Crippen molar-refractivity contribution in [2.45, 2.75) is 45.4 Å². The van der Waals surface area contributed by atoms with Gasteiger partial charge in [-0.2, -0.15) is 0 Å². The highest BCUT2D eigenvalue weighted by molar-refractivity contribution is 6.75. The lowest BCUT2D eigenvalue weighted by Crippen LogP contribution is -2.42. The Bertz CT molecular complexity index is 485. The van der Waals surface area contributed by atoms with Gasteiger partial charge in [0.2, 0.25) is 0 Å². The number of hydrogen-bond donors (Lipinski definition) is 1. The number of rotatable bonds is 4. The molecule has 4 heteroatoms. The summed E-state index contributed by atoms with van der Waals surface area (Å²) in [6.45, 7) is 8.79. The topological polar surface area (TPSA) is 40.5 Å². The van der Waals surface area contributed by atoms with E-state index in [-0.39, 0.29) is 0 Å². The number of aryl methyl sites for hydroxylation is 1. The van der Waals surface area contributed by atoms with E-state index in [2.05, 4.69) is 30.6 Å². The maximum Gasteiger partial charge on any atom is 0.336 e. The Morgan fingerprint density at radius 2 is 2.16 bits per heavy atom. The Morgan fingerprint density at radius 3 is 2.68 bits per heavy atom. The van der Waals surface area contributed by atoms with Crippen molar-refractivity contribution in [1.29, 1.82) is 0 Å². The predicted octanol–water partition coefficient (Wildman–Crippen LogP) is 3.36. The van der Waals surface area contributed by atoms with Crippen molar-refractivity contribution in [2.75, 3.05) is 6.54 Å². The van der Waals surface area contributed by atoms with Crippen LogP contribution in [0.2, 0.25) is 19.1 Å². The number of carbonyl (C=O) groups is 1. The van der Waals surface area contributed by atoms with Gasteiger partial charge in [0.15, 0.2) is 0 Å². The third kappa shape index (κ3) is 2.90. The van der Waals surface area contributed by atoms with Gasteiger partial charge in [0.1, 0.15) is 8.24 Å². The van der Waals surface area contributed by atoms with E-state index in [0.717, 1.165) is 25.1 Å². The highest BCUT2D eigenvalue weighted by Gasteiger charge is 2.34. The largest absolute Gasteiger partial charge is 0.478 e. The highest BCUT2D eigenvalue weighted by Crippen LogP contribution is 2.29. The van der Waals surface area contributed by atoms with E-state index in [1.165, 1.54) is 18.0 Å². The van der Waals surface area contributed by atoms with Gasteiger partial charge in [-0.3, -0.25) is 0 Å². The summed E-state index contributed by atoms with van der Waals surface area (Å²) >= 11 is 0. The van der Waals surface area contributed by atoms with E-state index < -0.39 is 14.2 Å². The number of nitrogens with zero attached hydrogens (tertiary/aromatic N) is 1. The van der Waals surface area contributed by atoms with Gasteiger partial charge in [-0.05, 0) is 42.6 Å². The van der Waals surface area contributed by atoms with Crippen LogP contribution in [0.1, 0.15) is 34.8 Å². The maximum atomic E-state index is 11.4. The first-order valence-corrected chi connectivity index (χ1v) is 10.2. The fraction of sp³-hybridized carbons (Fsp3) is 0.533. The first-order valence-electron chi connectivity index (χ1n) is 7.05. The van der Waals surface area contributed by atoms with E-state index in [4.69, 9.17) is 0 Å². The second-order valence-corrected chi connectivity index (χ2v) is 10.7. The van der Waals surface area contributed by atoms with Crippen LogP contribution in [0.15, 0.2) is 18.2 Å². The lowest BCUT2D eigenvalue weighted by atomic mass is 9.99. The Balaban J connectivity index is 2.35. The zero-order valence-corrected chi connectivity index (χ0v) is 13.1. The van der Waals surface area contributed by atoms with E-state index in [9.17, 15) is 9.90 Å². The van der Waals surface area contributed by atoms with Crippen LogP contribution in [0.3, 0.4) is 0 Å². The second-order valence-electron chi connectivity index (χ2n) is 5.94. The van der Waals surface area contributed by atoms with Crippen molar-refractivity contribution in [3.05, 3.63) is 34.9 Å². The first kappa shape index (κ1) is 14.3. The summed E-state index contributed by atoms with van der Waals surface area (Å²) in [5.41, 5.74) is 2.69. The van der Waals surface area contributed by atoms with Crippen molar-refractivity contribution in [1.82, 2.24) is 4.57 Å². The molecule has 1 fully saturated rings. The molecule has 104 valence electrons. The molecule has 3 nitrogen and oxygen atoms in total. The lowest BCUT2D eigenvalue weighted by Gasteiger charge is -2.30. The molecule has 1 N–H and O–H groups in total. The molecule has 0 spiro atoms. The van der Waals surface area contributed by atoms with Crippen LogP contribution in [-0.4, -0.2) is 30.4 Å². The van der Waals surface area contributed by atoms with Gasteiger partial charge >= 0.3 is 5.97 Å². The van der Waals surface area contributed by atoms with Crippen molar-refractivity contribution >= 4 is 14.2 Å². The van der Waals surface area contributed by atoms with Gasteiger partial charge in [-0.1, -0.05) is 32.2 Å². The molecular formula is C15H23NO2Si. The molecule has 2 rings (SSSR count). The Hall–Kier alpha value is -1.13. The van der Waals surface area contributed by atoms with Crippen LogP contribution in [-0.2, 0) is 13.0 Å². The molecular weight excluding hydrogens is 254 g/mol. The summed E-state index contributed by atoms with van der Waals surface area (Å²) in [6, 6.07) is 6.98. The summed E-state index contributed by atoms with van der Waals surface area (Å²) < 4.78 is 2.55. The third-order valence-corrected chi connectivity index (χ3v) is 7.98. The molecule has 19 heavy (non-hydrogen) atoms. The number of carboxylic acid groups (broad SMARTS) is 1. The van der Waals surface area contributed by atoms with Gasteiger partial charge in [0.05, 0.1) is 5.56 Å². The number of carboxylic acids is 1. The summed E-state index contributed by atoms with van der Waals surface area (Å²) in [6.07, 6.45) is 2.15. The quantitative estimate of drug-likeness (QED) is 0.858. The third-order valence-electron chi connectivity index (χ3n) is 4.31. The molecule has 0 amide bonds. The van der Waals surface area contributed by atoms with E-state index in [1.807, 2.05) is 6.07 Å². The van der Waals surface area contributed by atoms with Crippen LogP contribution in [0, 0.1) is 0 Å². The molecule has 0 saturated carbocycles. The monoisotopic (exact) mass is 277 g/mol. The number of benzene rings is 1. The van der Waals surface area contributed by atoms with Crippen molar-refractivity contribution < 1.29 is 9.90 Å². The number of aromatic carboxylic acids is 1. The summed E-state index contributed by atoms with van der Waals surface area (Å²) in [7, 11) is -1.31. The molecule has 0 radical (unpaired) electrons. The Morgan fingerprint density at radius 1 is 1.42 bits per heavy atom. The van der Waals surface area contributed by atoms with Crippen molar-refractivity contribution in [2.24, 2.45) is 0 Å². The molecule has 1 aromatic rings. The first-order chi connectivity index (χ1) is 8.95. The van der Waals surface area contributed by atoms with E-state index in [0.29, 0.717) is 5.56 Å². The minimum absolute atomic E-state index is 0.482. The smallest absolute Gasteiger partial charge is 0.336 e. The van der Waals surface area contributed by atoms with Crippen molar-refractivity contribution in [3.8, 4) is 0 Å². The predicted molar refractivity (Wildman–Crippen MR) is 80.1 cm³/mol. The van der Waals surface area contributed by atoms with Crippen LogP contribution < -0.4 is 0 Å². The van der Waals surface area contributed by atoms with Crippen LogP contribution in [0.4, 0.5) is 0 Å². The van der Waals surface area contributed by atoms with Gasteiger partial charge in [-0.25, -0.2) is 4.79 Å². The molecule has 1 aromatic carbocycles. The zero-order valence-electron chi connectivity index (χ0n) is 12.1. The maximum absolute atomic E-state index is 11.4. The molecule has 0 unspecified atom stereocenters. The SMILES string of the molecule is CCc1cccc(C(=O)O)c1CN1CCC[Si]1(C)C. The van der Waals surface area contributed by atoms with Crippen LogP contribution in [0.5, 0.6) is 0 Å². The Kier molecular flexibility index (Phi) is 4.11. The minimum Gasteiger partial charge on any atom is -0.478 e. The van der Waals surface area contributed by atoms with Crippen molar-refractivity contribution in [3.63, 3.8) is 0 Å². The Labute approximate surface area is 116 Å². The molecule has 0 atom stereocenters. The minimum atomic E-state index is -1.31. The van der Waals surface area contributed by atoms with Crippen LogP contribution >= 0.6 is 0 Å². The number of hydrogen-bond acceptors (Lipinski definition) is 2. The second kappa shape index (κ2) is 5.47. The van der Waals surface area contributed by atoms with E-state index in [1.54, 1.807) is 6.07 Å². The van der Waals surface area contributed by atoms with Gasteiger partial charge in [0.25, 0.3) is 0 Å². The van der Waals surface area contributed by atoms with Gasteiger partial charge in [0, 0.05) is 6.54 Å². The fourth-order valence-electron chi connectivity index (χ4n) is 3.00. The standard InChI is InChI=1S/C15H23NO2Si/c1-4-12-7-5-8-13(15(17)18)14(12)11-16-9-6-10-19(16,2)3/h5,7-8H,4,6,9-11H2,1-3H3,(H,17,18). The highest BCUT2D eigenvalue weighted by atomic mass is 28.3. The van der Waals surface area contributed by atoms with Crippen LogP contribution in [0.25, 0.3) is 0 Å². The normalized spacial score (nSPS) is 18.7. The molecule has 1 aliphatic heterocycles. The fourth-order valence-corrected chi connectivity index (χ4v) is 5.69. The molecule has 1 heterocycles. The molecule has 0 aromatic heterocycles. The molecule has 0 bridgehead atoms. The molecule has 0 aliphatic carbocycles. The molecule has 1 saturated heterocycles.